The molecule has 0 radical (unpaired) electrons. The number of benzene rings is 2. The molecule has 6 rings (SSSR count). The molecule has 2 N–H and O–H groups in total. The summed E-state index contributed by atoms with van der Waals surface area (Å²) in [5, 5.41) is 5.91. The topological polar surface area (TPSA) is 94.6 Å². The predicted molar refractivity (Wildman–Crippen MR) is 140 cm³/mol. The van der Waals surface area contributed by atoms with E-state index in [9.17, 15) is 14.4 Å². The second kappa shape index (κ2) is 8.81. The lowest BCUT2D eigenvalue weighted by Crippen LogP contribution is -2.57. The Hall–Kier alpha value is -4.04. The highest BCUT2D eigenvalue weighted by Gasteiger charge is 2.51. The van der Waals surface area contributed by atoms with Crippen molar-refractivity contribution in [2.24, 2.45) is 0 Å². The van der Waals surface area contributed by atoms with Crippen LogP contribution in [0.15, 0.2) is 66.9 Å². The highest BCUT2D eigenvalue weighted by molar-refractivity contribution is 6.06. The molecule has 37 heavy (non-hydrogen) atoms. The van der Waals surface area contributed by atoms with Crippen molar-refractivity contribution in [3.63, 3.8) is 0 Å². The average Bonchev–Trinajstić information content (AvgIpc) is 3.41. The second-order valence-corrected chi connectivity index (χ2v) is 10.3. The van der Waals surface area contributed by atoms with Gasteiger partial charge in [0.05, 0.1) is 17.5 Å². The van der Waals surface area contributed by atoms with Crippen LogP contribution >= 0.6 is 0 Å². The molecule has 1 saturated heterocycles. The van der Waals surface area contributed by atoms with Crippen LogP contribution in [0.5, 0.6) is 0 Å². The summed E-state index contributed by atoms with van der Waals surface area (Å²) in [4.78, 5) is 47.4. The Kier molecular flexibility index (Phi) is 5.56. The molecule has 3 amide bonds. The fourth-order valence-electron chi connectivity index (χ4n) is 5.96. The minimum atomic E-state index is -0.653. The summed E-state index contributed by atoms with van der Waals surface area (Å²) in [6, 6.07) is 19.0. The number of amides is 3. The standard InChI is InChI=1S/C29H29N5O3/c1-18-27(36)34(24(16-33(18)2)19-7-4-3-5-8-19)17-25(35)31-22-11-10-20-14-29(15-21(20)13-22)23-9-6-12-30-26(23)32-28(29)37/h3-13,18,24H,14-17H2,1-2H3,(H,31,35)(H,30,32,37)/t18-,24-,29-/m1/s1. The first-order valence-corrected chi connectivity index (χ1v) is 12.6. The molecule has 2 aliphatic heterocycles. The number of nitrogens with one attached hydrogen (secondary N) is 2. The van der Waals surface area contributed by atoms with E-state index in [2.05, 4.69) is 15.6 Å². The molecule has 0 saturated carbocycles. The van der Waals surface area contributed by atoms with Crippen molar-refractivity contribution in [1.82, 2.24) is 14.8 Å². The number of hydrogen-bond donors (Lipinski definition) is 2. The molecule has 188 valence electrons. The SMILES string of the molecule is C[C@@H]1C(=O)N(CC(=O)Nc2ccc3c(c2)C[C@@]2(C3)C(=O)Nc3ncccc32)[C@@H](c2ccccc2)CN1C. The summed E-state index contributed by atoms with van der Waals surface area (Å²) in [6.07, 6.45) is 2.84. The number of rotatable bonds is 4. The molecule has 1 aliphatic carbocycles. The smallest absolute Gasteiger partial charge is 0.244 e. The van der Waals surface area contributed by atoms with E-state index in [1.165, 1.54) is 0 Å². The van der Waals surface area contributed by atoms with Crippen LogP contribution in [0.3, 0.4) is 0 Å². The fourth-order valence-corrected chi connectivity index (χ4v) is 5.96. The van der Waals surface area contributed by atoms with Crippen molar-refractivity contribution in [3.05, 3.63) is 89.1 Å². The molecule has 3 aromatic rings. The number of carbonyl (C=O) groups is 3. The molecule has 1 aromatic heterocycles. The van der Waals surface area contributed by atoms with E-state index in [-0.39, 0.29) is 36.3 Å². The summed E-state index contributed by atoms with van der Waals surface area (Å²) >= 11 is 0. The van der Waals surface area contributed by atoms with Crippen molar-refractivity contribution >= 4 is 29.2 Å². The lowest BCUT2D eigenvalue weighted by Gasteiger charge is -2.43. The van der Waals surface area contributed by atoms with Crippen molar-refractivity contribution in [2.75, 3.05) is 30.8 Å². The maximum atomic E-state index is 13.2. The van der Waals surface area contributed by atoms with Gasteiger partial charge in [0.15, 0.2) is 0 Å². The number of hydrogen-bond acceptors (Lipinski definition) is 5. The Bertz CT molecular complexity index is 1410. The van der Waals surface area contributed by atoms with Crippen molar-refractivity contribution in [1.29, 1.82) is 0 Å². The first-order chi connectivity index (χ1) is 17.9. The molecule has 1 spiro atoms. The van der Waals surface area contributed by atoms with Crippen LogP contribution in [0.4, 0.5) is 11.5 Å². The van der Waals surface area contributed by atoms with E-state index in [1.807, 2.05) is 79.5 Å². The van der Waals surface area contributed by atoms with Gasteiger partial charge in [0.25, 0.3) is 0 Å². The van der Waals surface area contributed by atoms with Crippen LogP contribution in [0, 0.1) is 0 Å². The number of pyridine rings is 1. The molecule has 1 fully saturated rings. The van der Waals surface area contributed by atoms with Crippen molar-refractivity contribution in [3.8, 4) is 0 Å². The molecule has 3 heterocycles. The van der Waals surface area contributed by atoms with Gasteiger partial charge in [0.2, 0.25) is 17.7 Å². The van der Waals surface area contributed by atoms with Crippen LogP contribution < -0.4 is 10.6 Å². The van der Waals surface area contributed by atoms with Gasteiger partial charge in [0.1, 0.15) is 12.4 Å². The fraction of sp³-hybridized carbons (Fsp3) is 0.310. The third-order valence-corrected chi connectivity index (χ3v) is 8.10. The summed E-state index contributed by atoms with van der Waals surface area (Å²) in [5.41, 5.74) is 4.08. The van der Waals surface area contributed by atoms with Crippen molar-refractivity contribution < 1.29 is 14.4 Å². The van der Waals surface area contributed by atoms with E-state index in [0.717, 1.165) is 22.3 Å². The molecular formula is C29H29N5O3. The zero-order valence-corrected chi connectivity index (χ0v) is 20.9. The Morgan fingerprint density at radius 1 is 1.08 bits per heavy atom. The molecule has 3 atom stereocenters. The number of carbonyl (C=O) groups excluding carboxylic acids is 3. The van der Waals surface area contributed by atoms with Crippen LogP contribution in [0.2, 0.25) is 0 Å². The molecule has 0 unspecified atom stereocenters. The number of likely N-dealkylation sites (N-methyl/N-ethyl adjacent to an activating group) is 1. The Morgan fingerprint density at radius 3 is 2.68 bits per heavy atom. The van der Waals surface area contributed by atoms with Gasteiger partial charge < -0.3 is 15.5 Å². The first kappa shape index (κ1) is 23.4. The van der Waals surface area contributed by atoms with Gasteiger partial charge in [-0.2, -0.15) is 0 Å². The van der Waals surface area contributed by atoms with E-state index in [0.29, 0.717) is 30.9 Å². The van der Waals surface area contributed by atoms with Gasteiger partial charge in [0, 0.05) is 24.0 Å². The lowest BCUT2D eigenvalue weighted by atomic mass is 9.79. The third-order valence-electron chi connectivity index (χ3n) is 8.10. The minimum absolute atomic E-state index is 0.0287. The van der Waals surface area contributed by atoms with Gasteiger partial charge >= 0.3 is 0 Å². The minimum Gasteiger partial charge on any atom is -0.325 e. The third kappa shape index (κ3) is 3.88. The van der Waals surface area contributed by atoms with Crippen molar-refractivity contribution in [2.45, 2.75) is 37.3 Å². The van der Waals surface area contributed by atoms with Gasteiger partial charge in [-0.25, -0.2) is 4.98 Å². The van der Waals surface area contributed by atoms with E-state index in [1.54, 1.807) is 11.1 Å². The van der Waals surface area contributed by atoms with Crippen LogP contribution in [-0.2, 0) is 32.6 Å². The molecule has 8 heteroatoms. The van der Waals surface area contributed by atoms with Gasteiger partial charge in [-0.15, -0.1) is 0 Å². The summed E-state index contributed by atoms with van der Waals surface area (Å²) in [6.45, 7) is 2.50. The van der Waals surface area contributed by atoms with E-state index in [4.69, 9.17) is 0 Å². The maximum Gasteiger partial charge on any atom is 0.244 e. The maximum absolute atomic E-state index is 13.2. The molecule has 2 aromatic carbocycles. The number of anilines is 2. The quantitative estimate of drug-likeness (QED) is 0.581. The highest BCUT2D eigenvalue weighted by Crippen LogP contribution is 2.47. The largest absolute Gasteiger partial charge is 0.325 e. The predicted octanol–water partition coefficient (Wildman–Crippen LogP) is 2.91. The molecular weight excluding hydrogens is 466 g/mol. The average molecular weight is 496 g/mol. The number of piperazine rings is 1. The summed E-state index contributed by atoms with van der Waals surface area (Å²) < 4.78 is 0. The summed E-state index contributed by atoms with van der Waals surface area (Å²) in [7, 11) is 1.94. The Morgan fingerprint density at radius 2 is 1.86 bits per heavy atom. The zero-order valence-electron chi connectivity index (χ0n) is 20.9. The van der Waals surface area contributed by atoms with Gasteiger partial charge in [-0.3, -0.25) is 19.3 Å². The summed E-state index contributed by atoms with van der Waals surface area (Å²) in [5.74, 6) is 0.297. The van der Waals surface area contributed by atoms with Gasteiger partial charge in [-0.05, 0) is 61.7 Å². The number of nitrogens with zero attached hydrogens (tertiary/aromatic N) is 3. The van der Waals surface area contributed by atoms with E-state index < -0.39 is 5.41 Å². The van der Waals surface area contributed by atoms with Crippen LogP contribution in [0.1, 0.15) is 35.2 Å². The second-order valence-electron chi connectivity index (χ2n) is 10.3. The number of aromatic nitrogens is 1. The zero-order chi connectivity index (χ0) is 25.7. The Labute approximate surface area is 215 Å². The monoisotopic (exact) mass is 495 g/mol. The van der Waals surface area contributed by atoms with E-state index >= 15 is 0 Å². The first-order valence-electron chi connectivity index (χ1n) is 12.6. The van der Waals surface area contributed by atoms with Gasteiger partial charge in [-0.1, -0.05) is 42.5 Å². The highest BCUT2D eigenvalue weighted by atomic mass is 16.2. The lowest BCUT2D eigenvalue weighted by molar-refractivity contribution is -0.147. The Balaban J connectivity index is 1.20. The molecule has 8 nitrogen and oxygen atoms in total. The van der Waals surface area contributed by atoms with Crippen LogP contribution in [0.25, 0.3) is 0 Å². The molecule has 0 bridgehead atoms. The van der Waals surface area contributed by atoms with Crippen LogP contribution in [-0.4, -0.2) is 58.7 Å². The number of fused-ring (bicyclic) bond motifs is 3. The molecule has 3 aliphatic rings. The normalized spacial score (nSPS) is 24.6.